The number of hydrogen-bond donors (Lipinski definition) is 3. The minimum absolute atomic E-state index is 0.0253. The van der Waals surface area contributed by atoms with Crippen molar-refractivity contribution in [2.45, 2.75) is 58.9 Å². The number of urea groups is 1. The van der Waals surface area contributed by atoms with Crippen molar-refractivity contribution in [2.24, 2.45) is 21.2 Å². The summed E-state index contributed by atoms with van der Waals surface area (Å²) in [4.78, 5) is 37.9. The van der Waals surface area contributed by atoms with Crippen molar-refractivity contribution in [1.82, 2.24) is 10.3 Å². The molecule has 2 aliphatic rings. The minimum atomic E-state index is -2.89. The number of anilines is 1. The minimum Gasteiger partial charge on any atom is -0.480 e. The molecule has 0 saturated heterocycles. The SMILES string of the molecule is CCCNC(=O)Nc1cc(C[C@@H](C(=O)O)N(C[C@@]2(C)[C@H]3CC[C@]2(C)C(=O)C3)N=S(=O)=O)ccc1-c1ccccc1. The zero-order chi connectivity index (χ0) is 29.1. The van der Waals surface area contributed by atoms with Crippen molar-refractivity contribution in [2.75, 3.05) is 18.4 Å². The van der Waals surface area contributed by atoms with Gasteiger partial charge in [-0.15, -0.1) is 0 Å². The molecule has 0 aliphatic heterocycles. The van der Waals surface area contributed by atoms with Crippen LogP contribution in [0.5, 0.6) is 0 Å². The summed E-state index contributed by atoms with van der Waals surface area (Å²) in [5.41, 5.74) is 1.44. The lowest BCUT2D eigenvalue weighted by Crippen LogP contribution is -2.49. The first kappa shape index (κ1) is 29.4. The average Bonchev–Trinajstić information content (AvgIpc) is 3.25. The average molecular weight is 569 g/mol. The largest absolute Gasteiger partial charge is 0.480 e. The smallest absolute Gasteiger partial charge is 0.328 e. The third-order valence-electron chi connectivity index (χ3n) is 8.89. The fourth-order valence-corrected chi connectivity index (χ4v) is 6.66. The number of carbonyl (C=O) groups is 3. The molecule has 214 valence electrons. The number of carboxylic acids is 1. The maximum absolute atomic E-state index is 12.8. The molecular formula is C29H36N4O6S. The highest BCUT2D eigenvalue weighted by Crippen LogP contribution is 2.64. The molecule has 2 bridgehead atoms. The fraction of sp³-hybridized carbons (Fsp3) is 0.483. The van der Waals surface area contributed by atoms with Gasteiger partial charge in [0, 0.05) is 36.9 Å². The molecule has 3 N–H and O–H groups in total. The Hall–Kier alpha value is -3.57. The number of fused-ring (bicyclic) bond motifs is 2. The van der Waals surface area contributed by atoms with E-state index < -0.39 is 33.3 Å². The zero-order valence-corrected chi connectivity index (χ0v) is 23.8. The third kappa shape index (κ3) is 5.80. The maximum Gasteiger partial charge on any atom is 0.328 e. The van der Waals surface area contributed by atoms with Gasteiger partial charge in [-0.05, 0) is 47.8 Å². The van der Waals surface area contributed by atoms with Gasteiger partial charge in [-0.1, -0.05) is 67.7 Å². The van der Waals surface area contributed by atoms with Crippen molar-refractivity contribution in [3.63, 3.8) is 0 Å². The number of amides is 2. The second-order valence-electron chi connectivity index (χ2n) is 11.2. The van der Waals surface area contributed by atoms with Crippen LogP contribution in [0.15, 0.2) is 53.0 Å². The standard InChI is InChI=1S/C29H36N4O6S/c1-4-14-30-27(37)31-23-15-19(10-11-22(23)20-8-6-5-7-9-20)16-24(26(35)36)33(32-40(38)39)18-29(3)21-12-13-28(29,2)25(34)17-21/h5-11,15,21,24H,4,12-14,16-18H2,1-3H3,(H,35,36)(H2,30,31,37)/t21-,24-,28+,29-/m0/s1. The van der Waals surface area contributed by atoms with E-state index in [1.165, 1.54) is 0 Å². The summed E-state index contributed by atoms with van der Waals surface area (Å²) in [7, 11) is -2.89. The Morgan fingerprint density at radius 1 is 1.18 bits per heavy atom. The van der Waals surface area contributed by atoms with E-state index in [2.05, 4.69) is 15.1 Å². The molecule has 2 aromatic rings. The van der Waals surface area contributed by atoms with Gasteiger partial charge < -0.3 is 15.7 Å². The Kier molecular flexibility index (Phi) is 8.74. The Balaban J connectivity index is 1.68. The molecule has 2 amide bonds. The Morgan fingerprint density at radius 2 is 1.90 bits per heavy atom. The number of carbonyl (C=O) groups excluding carboxylic acids is 2. The van der Waals surface area contributed by atoms with Crippen LogP contribution in [0, 0.1) is 16.7 Å². The van der Waals surface area contributed by atoms with E-state index in [4.69, 9.17) is 0 Å². The van der Waals surface area contributed by atoms with Crippen molar-refractivity contribution >= 4 is 34.0 Å². The van der Waals surface area contributed by atoms with E-state index in [1.54, 1.807) is 12.1 Å². The van der Waals surface area contributed by atoms with Gasteiger partial charge in [0.2, 0.25) is 0 Å². The molecule has 2 aromatic carbocycles. The molecule has 10 nitrogen and oxygen atoms in total. The van der Waals surface area contributed by atoms with Gasteiger partial charge in [-0.3, -0.25) is 9.59 Å². The highest BCUT2D eigenvalue weighted by Gasteiger charge is 2.64. The zero-order valence-electron chi connectivity index (χ0n) is 23.0. The van der Waals surface area contributed by atoms with Gasteiger partial charge in [-0.2, -0.15) is 13.4 Å². The Morgan fingerprint density at radius 3 is 2.48 bits per heavy atom. The number of benzene rings is 2. The Bertz CT molecular complexity index is 1420. The number of hydrogen-bond acceptors (Lipinski definition) is 6. The molecular weight excluding hydrogens is 532 g/mol. The lowest BCUT2D eigenvalue weighted by atomic mass is 9.68. The number of nitrogens with zero attached hydrogens (tertiary/aromatic N) is 2. The van der Waals surface area contributed by atoms with Crippen LogP contribution in [0.1, 0.15) is 52.0 Å². The summed E-state index contributed by atoms with van der Waals surface area (Å²) in [5.74, 6) is -1.06. The molecule has 0 aromatic heterocycles. The molecule has 4 rings (SSSR count). The molecule has 0 spiro atoms. The van der Waals surface area contributed by atoms with Crippen LogP contribution >= 0.6 is 0 Å². The molecule has 11 heteroatoms. The molecule has 0 heterocycles. The lowest BCUT2D eigenvalue weighted by Gasteiger charge is -2.40. The second kappa shape index (κ2) is 11.9. The van der Waals surface area contributed by atoms with E-state index in [-0.39, 0.29) is 30.7 Å². The molecule has 0 radical (unpaired) electrons. The molecule has 40 heavy (non-hydrogen) atoms. The van der Waals surface area contributed by atoms with Crippen LogP contribution in [0.25, 0.3) is 11.1 Å². The summed E-state index contributed by atoms with van der Waals surface area (Å²) >= 11 is 0. The van der Waals surface area contributed by atoms with E-state index in [0.29, 0.717) is 30.6 Å². The number of Topliss-reactive ketones (excluding diaryl/α,β-unsaturated/α-hetero) is 1. The Labute approximate surface area is 235 Å². The molecule has 2 saturated carbocycles. The number of aliphatic carboxylic acids is 1. The van der Waals surface area contributed by atoms with Crippen LogP contribution in [0.4, 0.5) is 10.5 Å². The number of ketones is 1. The summed E-state index contributed by atoms with van der Waals surface area (Å²) < 4.78 is 27.2. The predicted molar refractivity (Wildman–Crippen MR) is 151 cm³/mol. The van der Waals surface area contributed by atoms with Gasteiger partial charge in [0.1, 0.15) is 11.8 Å². The van der Waals surface area contributed by atoms with E-state index in [9.17, 15) is 27.9 Å². The maximum atomic E-state index is 12.8. The number of nitrogens with one attached hydrogen (secondary N) is 2. The van der Waals surface area contributed by atoms with E-state index >= 15 is 0 Å². The molecule has 4 atom stereocenters. The van der Waals surface area contributed by atoms with Gasteiger partial charge in [-0.25, -0.2) is 4.79 Å². The molecule has 2 fully saturated rings. The number of carboxylic acid groups (broad SMARTS) is 1. The first-order valence-electron chi connectivity index (χ1n) is 13.6. The normalized spacial score (nSPS) is 24.1. The quantitative estimate of drug-likeness (QED) is 0.337. The van der Waals surface area contributed by atoms with E-state index in [0.717, 1.165) is 29.0 Å². The van der Waals surface area contributed by atoms with Crippen LogP contribution < -0.4 is 10.6 Å². The van der Waals surface area contributed by atoms with Gasteiger partial charge in [0.05, 0.1) is 5.69 Å². The van der Waals surface area contributed by atoms with Crippen LogP contribution in [0.2, 0.25) is 0 Å². The van der Waals surface area contributed by atoms with E-state index in [1.807, 2.05) is 57.2 Å². The predicted octanol–water partition coefficient (Wildman–Crippen LogP) is 4.56. The topological polar surface area (TPSA) is 145 Å². The summed E-state index contributed by atoms with van der Waals surface area (Å²) in [5, 5.41) is 17.0. The third-order valence-corrected chi connectivity index (χ3v) is 9.23. The van der Waals surface area contributed by atoms with Crippen molar-refractivity contribution in [3.8, 4) is 11.1 Å². The fourth-order valence-electron chi connectivity index (χ4n) is 6.31. The molecule has 2 aliphatic carbocycles. The van der Waals surface area contributed by atoms with Crippen LogP contribution in [-0.2, 0) is 26.5 Å². The van der Waals surface area contributed by atoms with Gasteiger partial charge in [0.25, 0.3) is 0 Å². The molecule has 0 unspecified atom stereocenters. The monoisotopic (exact) mass is 568 g/mol. The summed E-state index contributed by atoms with van der Waals surface area (Å²) in [6.07, 6.45) is 2.64. The summed E-state index contributed by atoms with van der Waals surface area (Å²) in [6, 6.07) is 13.1. The first-order chi connectivity index (χ1) is 19.0. The highest BCUT2D eigenvalue weighted by atomic mass is 32.2. The van der Waals surface area contributed by atoms with Gasteiger partial charge >= 0.3 is 22.5 Å². The van der Waals surface area contributed by atoms with Crippen LogP contribution in [0.3, 0.4) is 0 Å². The first-order valence-corrected chi connectivity index (χ1v) is 14.6. The lowest BCUT2D eigenvalue weighted by molar-refractivity contribution is -0.144. The highest BCUT2D eigenvalue weighted by molar-refractivity contribution is 7.61. The van der Waals surface area contributed by atoms with Crippen molar-refractivity contribution in [3.05, 3.63) is 54.1 Å². The van der Waals surface area contributed by atoms with Crippen molar-refractivity contribution in [1.29, 1.82) is 0 Å². The summed E-state index contributed by atoms with van der Waals surface area (Å²) in [6.45, 7) is 6.31. The van der Waals surface area contributed by atoms with Crippen LogP contribution in [-0.4, -0.2) is 55.4 Å². The van der Waals surface area contributed by atoms with Crippen molar-refractivity contribution < 1.29 is 27.9 Å². The number of rotatable bonds is 11. The second-order valence-corrected chi connectivity index (χ2v) is 11.8. The van der Waals surface area contributed by atoms with Gasteiger partial charge in [0.15, 0.2) is 0 Å².